The maximum atomic E-state index is 9.77. The van der Waals surface area contributed by atoms with Gasteiger partial charge in [-0.15, -0.1) is 11.8 Å². The molecule has 2 atom stereocenters. The average molecular weight is 284 g/mol. The van der Waals surface area contributed by atoms with Gasteiger partial charge < -0.3 is 14.9 Å². The molecule has 0 saturated carbocycles. The van der Waals surface area contributed by atoms with Crippen molar-refractivity contribution in [2.24, 2.45) is 0 Å². The van der Waals surface area contributed by atoms with Gasteiger partial charge >= 0.3 is 0 Å². The molecule has 0 fully saturated rings. The highest BCUT2D eigenvalue weighted by atomic mass is 32.2. The Morgan fingerprint density at radius 2 is 1.89 bits per heavy atom. The highest BCUT2D eigenvalue weighted by Gasteiger charge is 2.06. The van der Waals surface area contributed by atoms with Gasteiger partial charge in [-0.3, -0.25) is 0 Å². The van der Waals surface area contributed by atoms with Crippen molar-refractivity contribution < 1.29 is 14.9 Å². The summed E-state index contributed by atoms with van der Waals surface area (Å²) >= 11 is 1.60. The van der Waals surface area contributed by atoms with Crippen LogP contribution in [0.4, 0.5) is 0 Å². The number of aliphatic hydroxyl groups excluding tert-OH is 2. The number of aliphatic hydroxyl groups is 2. The van der Waals surface area contributed by atoms with E-state index in [1.54, 1.807) is 18.7 Å². The quantitative estimate of drug-likeness (QED) is 0.540. The van der Waals surface area contributed by atoms with E-state index in [9.17, 15) is 10.2 Å². The van der Waals surface area contributed by atoms with Gasteiger partial charge in [0, 0.05) is 17.3 Å². The van der Waals surface area contributed by atoms with Gasteiger partial charge in [-0.25, -0.2) is 0 Å². The zero-order chi connectivity index (χ0) is 14.1. The number of hydrogen-bond donors (Lipinski definition) is 2. The molecule has 19 heavy (non-hydrogen) atoms. The predicted octanol–water partition coefficient (Wildman–Crippen LogP) is 3.01. The number of hydrogen-bond acceptors (Lipinski definition) is 4. The summed E-state index contributed by atoms with van der Waals surface area (Å²) in [6.45, 7) is 4.99. The fraction of sp³-hybridized carbons (Fsp3) is 0.600. The van der Waals surface area contributed by atoms with Crippen molar-refractivity contribution in [3.05, 3.63) is 29.8 Å². The number of ether oxygens (including phenoxy) is 1. The first-order valence-corrected chi connectivity index (χ1v) is 7.78. The summed E-state index contributed by atoms with van der Waals surface area (Å²) in [6.07, 6.45) is 1.29. The highest BCUT2D eigenvalue weighted by Crippen LogP contribution is 2.21. The van der Waals surface area contributed by atoms with Crippen LogP contribution < -0.4 is 0 Å². The first-order chi connectivity index (χ1) is 9.13. The van der Waals surface area contributed by atoms with Crippen LogP contribution in [0.15, 0.2) is 29.2 Å². The second-order valence-corrected chi connectivity index (χ2v) is 5.73. The van der Waals surface area contributed by atoms with Crippen LogP contribution in [0.25, 0.3) is 0 Å². The molecule has 1 rings (SSSR count). The molecular formula is C15H24O3S. The lowest BCUT2D eigenvalue weighted by molar-refractivity contribution is 0.0473. The largest absolute Gasteiger partial charge is 0.390 e. The first kappa shape index (κ1) is 16.5. The second-order valence-electron chi connectivity index (χ2n) is 4.64. The third kappa shape index (κ3) is 6.97. The lowest BCUT2D eigenvalue weighted by Crippen LogP contribution is -2.18. The highest BCUT2D eigenvalue weighted by molar-refractivity contribution is 7.99. The van der Waals surface area contributed by atoms with Crippen molar-refractivity contribution in [2.45, 2.75) is 43.8 Å². The molecule has 3 nitrogen and oxygen atoms in total. The maximum absolute atomic E-state index is 9.77. The van der Waals surface area contributed by atoms with Crippen LogP contribution in [0.1, 0.15) is 38.4 Å². The van der Waals surface area contributed by atoms with Gasteiger partial charge in [0.1, 0.15) is 0 Å². The molecule has 0 aliphatic rings. The molecule has 108 valence electrons. The van der Waals surface area contributed by atoms with Crippen LogP contribution in [-0.4, -0.2) is 35.3 Å². The summed E-state index contributed by atoms with van der Waals surface area (Å²) in [5, 5.41) is 19.2. The Balaban J connectivity index is 2.24. The number of unbranched alkanes of at least 4 members (excludes halogenated alkanes) is 1. The van der Waals surface area contributed by atoms with E-state index in [1.165, 1.54) is 0 Å². The zero-order valence-electron chi connectivity index (χ0n) is 11.7. The fourth-order valence-electron chi connectivity index (χ4n) is 1.55. The van der Waals surface area contributed by atoms with E-state index in [2.05, 4.69) is 6.92 Å². The van der Waals surface area contributed by atoms with Crippen LogP contribution >= 0.6 is 11.8 Å². The van der Waals surface area contributed by atoms with Gasteiger partial charge in [-0.2, -0.15) is 0 Å². The van der Waals surface area contributed by atoms with Gasteiger partial charge in [0.15, 0.2) is 0 Å². The summed E-state index contributed by atoms with van der Waals surface area (Å²) in [7, 11) is 0. The number of benzene rings is 1. The summed E-state index contributed by atoms with van der Waals surface area (Å²) in [5.74, 6) is 0.625. The Bertz CT molecular complexity index is 338. The Hall–Kier alpha value is -0.550. The van der Waals surface area contributed by atoms with E-state index in [-0.39, 0.29) is 0 Å². The van der Waals surface area contributed by atoms with E-state index in [0.717, 1.165) is 29.9 Å². The van der Waals surface area contributed by atoms with E-state index in [1.807, 2.05) is 24.3 Å². The van der Waals surface area contributed by atoms with E-state index in [0.29, 0.717) is 12.4 Å². The molecule has 1 aromatic rings. The molecule has 2 unspecified atom stereocenters. The molecule has 0 radical (unpaired) electrons. The maximum Gasteiger partial charge on any atom is 0.0867 e. The summed E-state index contributed by atoms with van der Waals surface area (Å²) in [4.78, 5) is 1.09. The minimum atomic E-state index is -0.434. The van der Waals surface area contributed by atoms with Gasteiger partial charge in [0.05, 0.1) is 18.8 Å². The van der Waals surface area contributed by atoms with Crippen molar-refractivity contribution >= 4 is 11.8 Å². The number of rotatable bonds is 9. The van der Waals surface area contributed by atoms with E-state index in [4.69, 9.17) is 4.74 Å². The van der Waals surface area contributed by atoms with Crippen molar-refractivity contribution in [1.82, 2.24) is 0 Å². The summed E-state index contributed by atoms with van der Waals surface area (Å²) < 4.78 is 5.38. The van der Waals surface area contributed by atoms with Crippen molar-refractivity contribution in [1.29, 1.82) is 0 Å². The van der Waals surface area contributed by atoms with Gasteiger partial charge in [0.2, 0.25) is 0 Å². The van der Waals surface area contributed by atoms with Gasteiger partial charge in [-0.05, 0) is 31.0 Å². The van der Waals surface area contributed by atoms with Crippen LogP contribution in [0, 0.1) is 0 Å². The molecule has 1 aromatic carbocycles. The van der Waals surface area contributed by atoms with Gasteiger partial charge in [0.25, 0.3) is 0 Å². The van der Waals surface area contributed by atoms with Crippen molar-refractivity contribution in [3.63, 3.8) is 0 Å². The minimum Gasteiger partial charge on any atom is -0.390 e. The van der Waals surface area contributed by atoms with E-state index < -0.39 is 12.2 Å². The summed E-state index contributed by atoms with van der Waals surface area (Å²) in [6, 6.07) is 7.77. The molecule has 0 aliphatic carbocycles. The van der Waals surface area contributed by atoms with Crippen LogP contribution in [0.2, 0.25) is 0 Å². The van der Waals surface area contributed by atoms with E-state index >= 15 is 0 Å². The fourth-order valence-corrected chi connectivity index (χ4v) is 2.36. The molecule has 0 amide bonds. The van der Waals surface area contributed by atoms with Crippen LogP contribution in [-0.2, 0) is 4.74 Å². The monoisotopic (exact) mass is 284 g/mol. The Morgan fingerprint density at radius 1 is 1.21 bits per heavy atom. The Morgan fingerprint density at radius 3 is 2.47 bits per heavy atom. The third-order valence-electron chi connectivity index (χ3n) is 2.76. The van der Waals surface area contributed by atoms with Crippen molar-refractivity contribution in [2.75, 3.05) is 19.0 Å². The third-order valence-corrected chi connectivity index (χ3v) is 3.91. The van der Waals surface area contributed by atoms with Crippen LogP contribution in [0.5, 0.6) is 0 Å². The molecule has 2 N–H and O–H groups in total. The molecule has 0 heterocycles. The Kier molecular flexibility index (Phi) is 8.14. The predicted molar refractivity (Wildman–Crippen MR) is 79.5 cm³/mol. The molecule has 0 aliphatic heterocycles. The molecule has 0 saturated heterocycles. The lowest BCUT2D eigenvalue weighted by atomic mass is 10.1. The SMILES string of the molecule is CCCCOCC(O)CSc1ccc(C(C)O)cc1. The molecular weight excluding hydrogens is 260 g/mol. The topological polar surface area (TPSA) is 49.7 Å². The smallest absolute Gasteiger partial charge is 0.0867 e. The standard InChI is InChI=1S/C15H24O3S/c1-3-4-9-18-10-14(17)11-19-15-7-5-13(6-8-15)12(2)16/h5-8,12,14,16-17H,3-4,9-11H2,1-2H3. The molecule has 4 heteroatoms. The Labute approximate surface area is 120 Å². The summed E-state index contributed by atoms with van der Waals surface area (Å²) in [5.41, 5.74) is 0.910. The molecule has 0 spiro atoms. The number of thioether (sulfide) groups is 1. The average Bonchev–Trinajstić information content (AvgIpc) is 2.42. The van der Waals surface area contributed by atoms with Crippen molar-refractivity contribution in [3.8, 4) is 0 Å². The molecule has 0 aromatic heterocycles. The van der Waals surface area contributed by atoms with Gasteiger partial charge in [-0.1, -0.05) is 25.5 Å². The molecule has 0 bridgehead atoms. The van der Waals surface area contributed by atoms with Crippen LogP contribution in [0.3, 0.4) is 0 Å². The zero-order valence-corrected chi connectivity index (χ0v) is 12.5. The normalized spacial score (nSPS) is 14.3. The first-order valence-electron chi connectivity index (χ1n) is 6.80. The second kappa shape index (κ2) is 9.37. The lowest BCUT2D eigenvalue weighted by Gasteiger charge is -2.11. The minimum absolute atomic E-state index is 0.402.